The zero-order valence-corrected chi connectivity index (χ0v) is 13.5. The van der Waals surface area contributed by atoms with Crippen LogP contribution in [0.2, 0.25) is 0 Å². The molecule has 0 aliphatic carbocycles. The van der Waals surface area contributed by atoms with Crippen LogP contribution in [0.1, 0.15) is 18.4 Å². The number of urea groups is 1. The maximum Gasteiger partial charge on any atom is 0.321 e. The van der Waals surface area contributed by atoms with Crippen LogP contribution in [0.5, 0.6) is 0 Å². The first-order valence-corrected chi connectivity index (χ1v) is 8.21. The van der Waals surface area contributed by atoms with Crippen LogP contribution in [0.3, 0.4) is 0 Å². The maximum absolute atomic E-state index is 12.0. The van der Waals surface area contributed by atoms with E-state index in [0.717, 1.165) is 36.3 Å². The highest BCUT2D eigenvalue weighted by atomic mass is 16.2. The molecule has 2 aromatic rings. The lowest BCUT2D eigenvalue weighted by Gasteiger charge is -2.27. The lowest BCUT2D eigenvalue weighted by atomic mass is 10.1. The van der Waals surface area contributed by atoms with Crippen molar-refractivity contribution >= 4 is 23.3 Å². The third kappa shape index (κ3) is 4.13. The topological polar surface area (TPSA) is 61.4 Å². The maximum atomic E-state index is 12.0. The van der Waals surface area contributed by atoms with Crippen LogP contribution in [-0.4, -0.2) is 25.0 Å². The quantitative estimate of drug-likeness (QED) is 0.888. The highest BCUT2D eigenvalue weighted by Gasteiger charge is 2.18. The molecule has 2 aromatic carbocycles. The minimum absolute atomic E-state index is 0.0117. The zero-order chi connectivity index (χ0) is 16.8. The largest absolute Gasteiger partial charge is 0.338 e. The van der Waals surface area contributed by atoms with E-state index in [4.69, 9.17) is 0 Å². The molecule has 0 bridgehead atoms. The van der Waals surface area contributed by atoms with Crippen molar-refractivity contribution in [3.8, 4) is 0 Å². The van der Waals surface area contributed by atoms with Crippen molar-refractivity contribution < 1.29 is 9.59 Å². The van der Waals surface area contributed by atoms with Crippen molar-refractivity contribution in [3.05, 3.63) is 60.2 Å². The molecule has 5 heteroatoms. The Hall–Kier alpha value is -2.82. The number of nitrogens with zero attached hydrogens (tertiary/aromatic N) is 1. The number of hydrogen-bond acceptors (Lipinski definition) is 2. The Balaban J connectivity index is 1.54. The normalized spacial score (nSPS) is 14.2. The fourth-order valence-electron chi connectivity index (χ4n) is 2.73. The SMILES string of the molecule is O=C(CCc1ccccc1)Nc1ccc(N2CCCNC2=O)cc1. The number of carbonyl (C=O) groups is 2. The van der Waals surface area contributed by atoms with E-state index in [-0.39, 0.29) is 11.9 Å². The van der Waals surface area contributed by atoms with Crippen LogP contribution in [0, 0.1) is 0 Å². The zero-order valence-electron chi connectivity index (χ0n) is 13.5. The molecule has 24 heavy (non-hydrogen) atoms. The van der Waals surface area contributed by atoms with E-state index >= 15 is 0 Å². The molecule has 0 unspecified atom stereocenters. The minimum atomic E-state index is -0.0686. The van der Waals surface area contributed by atoms with Crippen molar-refractivity contribution in [2.24, 2.45) is 0 Å². The lowest BCUT2D eigenvalue weighted by Crippen LogP contribution is -2.46. The molecule has 3 rings (SSSR count). The van der Waals surface area contributed by atoms with Gasteiger partial charge in [0.1, 0.15) is 0 Å². The van der Waals surface area contributed by atoms with Gasteiger partial charge in [-0.05, 0) is 42.7 Å². The second kappa shape index (κ2) is 7.64. The van der Waals surface area contributed by atoms with Gasteiger partial charge >= 0.3 is 6.03 Å². The van der Waals surface area contributed by atoms with Gasteiger partial charge < -0.3 is 10.6 Å². The molecule has 3 amide bonds. The highest BCUT2D eigenvalue weighted by molar-refractivity contribution is 5.94. The van der Waals surface area contributed by atoms with E-state index in [1.54, 1.807) is 4.90 Å². The van der Waals surface area contributed by atoms with E-state index in [1.807, 2.05) is 54.6 Å². The van der Waals surface area contributed by atoms with Gasteiger partial charge in [0.25, 0.3) is 0 Å². The second-order valence-electron chi connectivity index (χ2n) is 5.82. The summed E-state index contributed by atoms with van der Waals surface area (Å²) >= 11 is 0. The van der Waals surface area contributed by atoms with E-state index in [0.29, 0.717) is 13.0 Å². The van der Waals surface area contributed by atoms with Gasteiger partial charge in [0.05, 0.1) is 0 Å². The predicted molar refractivity (Wildman–Crippen MR) is 95.2 cm³/mol. The van der Waals surface area contributed by atoms with Crippen molar-refractivity contribution in [2.45, 2.75) is 19.3 Å². The molecule has 1 saturated heterocycles. The number of rotatable bonds is 5. The molecule has 0 radical (unpaired) electrons. The molecular formula is C19H21N3O2. The molecular weight excluding hydrogens is 302 g/mol. The molecule has 0 spiro atoms. The van der Waals surface area contributed by atoms with E-state index < -0.39 is 0 Å². The van der Waals surface area contributed by atoms with Crippen LogP contribution in [-0.2, 0) is 11.2 Å². The number of carbonyl (C=O) groups excluding carboxylic acids is 2. The molecule has 0 aromatic heterocycles. The molecule has 2 N–H and O–H groups in total. The predicted octanol–water partition coefficient (Wildman–Crippen LogP) is 3.18. The Morgan fingerprint density at radius 3 is 2.54 bits per heavy atom. The van der Waals surface area contributed by atoms with Crippen molar-refractivity contribution in [2.75, 3.05) is 23.3 Å². The smallest absolute Gasteiger partial charge is 0.321 e. The van der Waals surface area contributed by atoms with Gasteiger partial charge in [-0.2, -0.15) is 0 Å². The van der Waals surface area contributed by atoms with Crippen molar-refractivity contribution in [3.63, 3.8) is 0 Å². The first-order chi connectivity index (χ1) is 11.7. The molecule has 5 nitrogen and oxygen atoms in total. The highest BCUT2D eigenvalue weighted by Crippen LogP contribution is 2.20. The number of aryl methyl sites for hydroxylation is 1. The third-order valence-corrected chi connectivity index (χ3v) is 4.03. The van der Waals surface area contributed by atoms with Crippen LogP contribution in [0.15, 0.2) is 54.6 Å². The molecule has 0 atom stereocenters. The Morgan fingerprint density at radius 1 is 1.08 bits per heavy atom. The van der Waals surface area contributed by atoms with Gasteiger partial charge in [-0.1, -0.05) is 30.3 Å². The molecule has 1 fully saturated rings. The summed E-state index contributed by atoms with van der Waals surface area (Å²) in [6.07, 6.45) is 2.10. The van der Waals surface area contributed by atoms with Gasteiger partial charge in [0.15, 0.2) is 0 Å². The summed E-state index contributed by atoms with van der Waals surface area (Å²) in [6.45, 7) is 1.44. The number of anilines is 2. The fourth-order valence-corrected chi connectivity index (χ4v) is 2.73. The average Bonchev–Trinajstić information content (AvgIpc) is 2.62. The standard InChI is InChI=1S/C19H21N3O2/c23-18(12-7-15-5-2-1-3-6-15)21-16-8-10-17(11-9-16)22-14-4-13-20-19(22)24/h1-3,5-6,8-11H,4,7,12-14H2,(H,20,24)(H,21,23). The molecule has 0 saturated carbocycles. The summed E-state index contributed by atoms with van der Waals surface area (Å²) in [5.41, 5.74) is 2.74. The summed E-state index contributed by atoms with van der Waals surface area (Å²) in [5.74, 6) is -0.0117. The van der Waals surface area contributed by atoms with Gasteiger partial charge in [-0.25, -0.2) is 4.79 Å². The molecule has 1 heterocycles. The molecule has 1 aliphatic rings. The first kappa shape index (κ1) is 16.1. The monoisotopic (exact) mass is 323 g/mol. The van der Waals surface area contributed by atoms with E-state index in [9.17, 15) is 9.59 Å². The number of nitrogens with one attached hydrogen (secondary N) is 2. The van der Waals surface area contributed by atoms with Crippen LogP contribution >= 0.6 is 0 Å². The van der Waals surface area contributed by atoms with Gasteiger partial charge in [0, 0.05) is 30.9 Å². The van der Waals surface area contributed by atoms with Crippen molar-refractivity contribution in [1.29, 1.82) is 0 Å². The van der Waals surface area contributed by atoms with Gasteiger partial charge in [-0.3, -0.25) is 9.69 Å². The van der Waals surface area contributed by atoms with Crippen molar-refractivity contribution in [1.82, 2.24) is 5.32 Å². The Bertz CT molecular complexity index is 698. The summed E-state index contributed by atoms with van der Waals surface area (Å²) in [6, 6.07) is 17.3. The second-order valence-corrected chi connectivity index (χ2v) is 5.82. The van der Waals surface area contributed by atoms with Crippen LogP contribution in [0.4, 0.5) is 16.2 Å². The number of amides is 3. The minimum Gasteiger partial charge on any atom is -0.338 e. The average molecular weight is 323 g/mol. The van der Waals surface area contributed by atoms with E-state index in [2.05, 4.69) is 10.6 Å². The van der Waals surface area contributed by atoms with Gasteiger partial charge in [-0.15, -0.1) is 0 Å². The lowest BCUT2D eigenvalue weighted by molar-refractivity contribution is -0.116. The van der Waals surface area contributed by atoms with Crippen LogP contribution < -0.4 is 15.5 Å². The fraction of sp³-hybridized carbons (Fsp3) is 0.263. The summed E-state index contributed by atoms with van der Waals surface area (Å²) < 4.78 is 0. The Kier molecular flexibility index (Phi) is 5.11. The Labute approximate surface area is 141 Å². The first-order valence-electron chi connectivity index (χ1n) is 8.21. The summed E-state index contributed by atoms with van der Waals surface area (Å²) in [4.78, 5) is 25.6. The summed E-state index contributed by atoms with van der Waals surface area (Å²) in [5, 5.41) is 5.72. The number of benzene rings is 2. The van der Waals surface area contributed by atoms with E-state index in [1.165, 1.54) is 0 Å². The Morgan fingerprint density at radius 2 is 1.83 bits per heavy atom. The summed E-state index contributed by atoms with van der Waals surface area (Å²) in [7, 11) is 0. The number of hydrogen-bond donors (Lipinski definition) is 2. The van der Waals surface area contributed by atoms with Crippen LogP contribution in [0.25, 0.3) is 0 Å². The third-order valence-electron chi connectivity index (χ3n) is 4.03. The molecule has 124 valence electrons. The molecule has 1 aliphatic heterocycles. The van der Waals surface area contributed by atoms with Gasteiger partial charge in [0.2, 0.25) is 5.91 Å².